The van der Waals surface area contributed by atoms with Crippen LogP contribution in [0.5, 0.6) is 0 Å². The molecule has 2 amide bonds. The molecule has 0 saturated carbocycles. The van der Waals surface area contributed by atoms with Crippen LogP contribution in [0.25, 0.3) is 0 Å². The van der Waals surface area contributed by atoms with Crippen LogP contribution in [0.3, 0.4) is 0 Å². The number of carbonyl (C=O) groups is 3. The maximum absolute atomic E-state index is 11.6. The third-order valence-electron chi connectivity index (χ3n) is 2.09. The zero-order valence-corrected chi connectivity index (χ0v) is 10.8. The first kappa shape index (κ1) is 16.8. The standard InChI is InChI=1S/C10H17N3O6/c1-3-18-8(14)6-5-7(9(15)19-4-2)13(12-17)10(11)16/h7H,3-6H2,1-2H3,(H2,11,16). The quantitative estimate of drug-likeness (QED) is 0.386. The van der Waals surface area contributed by atoms with Gasteiger partial charge < -0.3 is 15.2 Å². The van der Waals surface area contributed by atoms with Gasteiger partial charge in [0.25, 0.3) is 0 Å². The fraction of sp³-hybridized carbons (Fsp3) is 0.700. The van der Waals surface area contributed by atoms with Crippen molar-refractivity contribution in [3.63, 3.8) is 0 Å². The molecule has 0 fully saturated rings. The molecule has 0 aromatic heterocycles. The highest BCUT2D eigenvalue weighted by molar-refractivity contribution is 5.83. The van der Waals surface area contributed by atoms with Crippen LogP contribution >= 0.6 is 0 Å². The summed E-state index contributed by atoms with van der Waals surface area (Å²) in [6.07, 6.45) is -0.330. The van der Waals surface area contributed by atoms with E-state index in [1.54, 1.807) is 13.8 Å². The van der Waals surface area contributed by atoms with E-state index >= 15 is 0 Å². The summed E-state index contributed by atoms with van der Waals surface area (Å²) in [5.41, 5.74) is 4.92. The number of nitrogens with zero attached hydrogens (tertiary/aromatic N) is 2. The first-order valence-corrected chi connectivity index (χ1v) is 5.72. The summed E-state index contributed by atoms with van der Waals surface area (Å²) in [4.78, 5) is 44.3. The van der Waals surface area contributed by atoms with E-state index in [9.17, 15) is 19.3 Å². The van der Waals surface area contributed by atoms with Gasteiger partial charge in [-0.25, -0.2) is 9.59 Å². The van der Waals surface area contributed by atoms with Gasteiger partial charge in [-0.2, -0.15) is 5.01 Å². The number of hydrogen-bond acceptors (Lipinski definition) is 7. The van der Waals surface area contributed by atoms with Crippen molar-refractivity contribution in [2.45, 2.75) is 32.7 Å². The summed E-state index contributed by atoms with van der Waals surface area (Å²) >= 11 is 0. The highest BCUT2D eigenvalue weighted by Gasteiger charge is 2.31. The van der Waals surface area contributed by atoms with Gasteiger partial charge in [-0.1, -0.05) is 0 Å². The second kappa shape index (κ2) is 8.84. The van der Waals surface area contributed by atoms with Crippen LogP contribution in [0.15, 0.2) is 5.29 Å². The van der Waals surface area contributed by atoms with Gasteiger partial charge in [0.2, 0.25) is 0 Å². The van der Waals surface area contributed by atoms with Gasteiger partial charge in [0.05, 0.1) is 18.5 Å². The van der Waals surface area contributed by atoms with Crippen molar-refractivity contribution in [1.82, 2.24) is 5.01 Å². The van der Waals surface area contributed by atoms with Crippen LogP contribution in [0, 0.1) is 4.91 Å². The lowest BCUT2D eigenvalue weighted by Crippen LogP contribution is -2.45. The molecule has 9 heteroatoms. The molecule has 1 atom stereocenters. The summed E-state index contributed by atoms with van der Waals surface area (Å²) in [7, 11) is 0. The van der Waals surface area contributed by atoms with Crippen molar-refractivity contribution in [3.05, 3.63) is 4.91 Å². The highest BCUT2D eigenvalue weighted by atomic mass is 16.5. The Morgan fingerprint density at radius 3 is 2.21 bits per heavy atom. The van der Waals surface area contributed by atoms with Crippen LogP contribution < -0.4 is 5.73 Å². The lowest BCUT2D eigenvalue weighted by atomic mass is 10.1. The third-order valence-corrected chi connectivity index (χ3v) is 2.09. The Morgan fingerprint density at radius 2 is 1.79 bits per heavy atom. The molecule has 0 aromatic rings. The molecule has 0 saturated heterocycles. The second-order valence-electron chi connectivity index (χ2n) is 3.38. The minimum Gasteiger partial charge on any atom is -0.466 e. The number of amides is 2. The van der Waals surface area contributed by atoms with Gasteiger partial charge >= 0.3 is 18.0 Å². The maximum Gasteiger partial charge on any atom is 0.338 e. The molecule has 2 N–H and O–H groups in total. The third kappa shape index (κ3) is 5.80. The fourth-order valence-corrected chi connectivity index (χ4v) is 1.32. The summed E-state index contributed by atoms with van der Waals surface area (Å²) in [5, 5.41) is 2.62. The van der Waals surface area contributed by atoms with E-state index in [0.717, 1.165) is 0 Å². The van der Waals surface area contributed by atoms with E-state index in [-0.39, 0.29) is 31.1 Å². The minimum absolute atomic E-state index is 0.0558. The van der Waals surface area contributed by atoms with Crippen molar-refractivity contribution in [2.75, 3.05) is 13.2 Å². The van der Waals surface area contributed by atoms with Crippen molar-refractivity contribution in [2.24, 2.45) is 11.0 Å². The number of carbonyl (C=O) groups excluding carboxylic acids is 3. The molecule has 0 radical (unpaired) electrons. The average Bonchev–Trinajstić information content (AvgIpc) is 2.34. The molecular weight excluding hydrogens is 258 g/mol. The van der Waals surface area contributed by atoms with Gasteiger partial charge in [-0.05, 0) is 20.3 Å². The summed E-state index contributed by atoms with van der Waals surface area (Å²) in [5.74, 6) is -1.42. The van der Waals surface area contributed by atoms with Gasteiger partial charge in [-0.15, -0.1) is 4.91 Å². The van der Waals surface area contributed by atoms with Crippen molar-refractivity contribution in [1.29, 1.82) is 0 Å². The minimum atomic E-state index is -1.33. The molecule has 19 heavy (non-hydrogen) atoms. The Kier molecular flexibility index (Phi) is 7.82. The SMILES string of the molecule is CCOC(=O)CCC(C(=O)OCC)N(N=O)C(N)=O. The van der Waals surface area contributed by atoms with E-state index in [1.807, 2.05) is 0 Å². The molecule has 108 valence electrons. The second-order valence-corrected chi connectivity index (χ2v) is 3.38. The topological polar surface area (TPSA) is 128 Å². The summed E-state index contributed by atoms with van der Waals surface area (Å²) in [6, 6.07) is -2.53. The number of ether oxygens (including phenoxy) is 2. The molecule has 0 heterocycles. The van der Waals surface area contributed by atoms with E-state index < -0.39 is 24.0 Å². The molecule has 0 aliphatic carbocycles. The normalized spacial score (nSPS) is 11.3. The number of esters is 2. The lowest BCUT2D eigenvalue weighted by molar-refractivity contribution is -0.149. The summed E-state index contributed by atoms with van der Waals surface area (Å²) in [6.45, 7) is 3.43. The first-order valence-electron chi connectivity index (χ1n) is 5.72. The molecular formula is C10H17N3O6. The zero-order valence-electron chi connectivity index (χ0n) is 10.8. The molecule has 0 aromatic carbocycles. The maximum atomic E-state index is 11.6. The molecule has 0 spiro atoms. The van der Waals surface area contributed by atoms with Crippen LogP contribution in [-0.2, 0) is 19.1 Å². The Morgan fingerprint density at radius 1 is 1.21 bits per heavy atom. The van der Waals surface area contributed by atoms with Crippen LogP contribution in [0.2, 0.25) is 0 Å². The molecule has 0 bridgehead atoms. The molecule has 1 unspecified atom stereocenters. The van der Waals surface area contributed by atoms with Gasteiger partial charge in [0.1, 0.15) is 0 Å². The monoisotopic (exact) mass is 275 g/mol. The number of rotatable bonds is 8. The van der Waals surface area contributed by atoms with E-state index in [1.165, 1.54) is 0 Å². The largest absolute Gasteiger partial charge is 0.466 e. The van der Waals surface area contributed by atoms with Crippen LogP contribution in [0.1, 0.15) is 26.7 Å². The Hall–Kier alpha value is -2.19. The van der Waals surface area contributed by atoms with Crippen molar-refractivity contribution < 1.29 is 23.9 Å². The smallest absolute Gasteiger partial charge is 0.338 e. The van der Waals surface area contributed by atoms with Gasteiger partial charge in [-0.3, -0.25) is 4.79 Å². The molecule has 0 aliphatic heterocycles. The highest BCUT2D eigenvalue weighted by Crippen LogP contribution is 2.11. The number of urea groups is 1. The number of nitrogens with two attached hydrogens (primary N) is 1. The van der Waals surface area contributed by atoms with Crippen LogP contribution in [-0.4, -0.2) is 42.2 Å². The number of primary amides is 1. The fourth-order valence-electron chi connectivity index (χ4n) is 1.32. The van der Waals surface area contributed by atoms with E-state index in [2.05, 4.69) is 14.8 Å². The van der Waals surface area contributed by atoms with Gasteiger partial charge in [0.15, 0.2) is 6.04 Å². The molecule has 9 nitrogen and oxygen atoms in total. The Bertz CT molecular complexity index is 346. The average molecular weight is 275 g/mol. The molecule has 0 rings (SSSR count). The van der Waals surface area contributed by atoms with E-state index in [4.69, 9.17) is 5.73 Å². The van der Waals surface area contributed by atoms with Gasteiger partial charge in [0, 0.05) is 6.42 Å². The molecule has 0 aliphatic rings. The van der Waals surface area contributed by atoms with Crippen molar-refractivity contribution >= 4 is 18.0 Å². The number of hydrogen-bond donors (Lipinski definition) is 1. The number of nitroso groups, excluding NO2 is 1. The predicted octanol–water partition coefficient (Wildman–Crippen LogP) is 0.324. The zero-order chi connectivity index (χ0) is 14.8. The predicted molar refractivity (Wildman–Crippen MR) is 63.5 cm³/mol. The lowest BCUT2D eigenvalue weighted by Gasteiger charge is -2.20. The Labute approximate surface area is 109 Å². The summed E-state index contributed by atoms with van der Waals surface area (Å²) < 4.78 is 9.36. The first-order chi connectivity index (χ1) is 8.97. The van der Waals surface area contributed by atoms with E-state index in [0.29, 0.717) is 0 Å². The Balaban J connectivity index is 4.75. The van der Waals surface area contributed by atoms with Crippen LogP contribution in [0.4, 0.5) is 4.79 Å². The van der Waals surface area contributed by atoms with Crippen molar-refractivity contribution in [3.8, 4) is 0 Å².